The van der Waals surface area contributed by atoms with E-state index in [1.807, 2.05) is 0 Å². The minimum absolute atomic E-state index is 0.240. The van der Waals surface area contributed by atoms with E-state index in [0.717, 1.165) is 0 Å². The van der Waals surface area contributed by atoms with E-state index in [4.69, 9.17) is 17.7 Å². The monoisotopic (exact) mass is 402 g/mol. The average Bonchev–Trinajstić information content (AvgIpc) is 2.81. The maximum absolute atomic E-state index is 10.7. The van der Waals surface area contributed by atoms with Gasteiger partial charge in [-0.3, -0.25) is 0 Å². The Morgan fingerprint density at radius 3 is 1.85 bits per heavy atom. The lowest BCUT2D eigenvalue weighted by atomic mass is 10.1. The SMILES string of the molecule is C=C[C@H]1O[C@@H]2CO[Si](C(C)C)(C(C)C)O[Si](C(C)C)(C(C)C)O[C@H]2[C@@H]1O. The fourth-order valence-electron chi connectivity index (χ4n) is 4.38. The van der Waals surface area contributed by atoms with Crippen molar-refractivity contribution in [1.29, 1.82) is 0 Å². The van der Waals surface area contributed by atoms with Gasteiger partial charge >= 0.3 is 17.1 Å². The molecule has 0 radical (unpaired) electrons. The van der Waals surface area contributed by atoms with E-state index in [2.05, 4.69) is 62.0 Å². The fourth-order valence-corrected chi connectivity index (χ4v) is 15.6. The van der Waals surface area contributed by atoms with E-state index in [9.17, 15) is 5.11 Å². The molecule has 0 aromatic heterocycles. The second-order valence-corrected chi connectivity index (χ2v) is 17.8. The van der Waals surface area contributed by atoms with Crippen molar-refractivity contribution in [1.82, 2.24) is 0 Å². The molecule has 0 aliphatic carbocycles. The van der Waals surface area contributed by atoms with Crippen molar-refractivity contribution in [2.45, 2.75) is 102 Å². The second-order valence-electron chi connectivity index (χ2n) is 8.92. The summed E-state index contributed by atoms with van der Waals surface area (Å²) in [7, 11) is -5.23. The molecule has 152 valence electrons. The van der Waals surface area contributed by atoms with Gasteiger partial charge < -0.3 is 22.8 Å². The van der Waals surface area contributed by atoms with E-state index in [0.29, 0.717) is 17.7 Å². The van der Waals surface area contributed by atoms with E-state index < -0.39 is 35.4 Å². The lowest BCUT2D eigenvalue weighted by Gasteiger charge is -2.51. The lowest BCUT2D eigenvalue weighted by Crippen LogP contribution is -2.65. The number of ether oxygens (including phenoxy) is 1. The number of rotatable bonds is 5. The van der Waals surface area contributed by atoms with Gasteiger partial charge in [-0.1, -0.05) is 61.5 Å². The summed E-state index contributed by atoms with van der Waals surface area (Å²) in [6, 6.07) is 0. The van der Waals surface area contributed by atoms with Crippen LogP contribution in [0.2, 0.25) is 22.2 Å². The first kappa shape index (κ1) is 22.3. The van der Waals surface area contributed by atoms with Crippen molar-refractivity contribution >= 4 is 17.1 Å². The number of aliphatic hydroxyl groups excluding tert-OH is 1. The zero-order chi connectivity index (χ0) is 19.9. The van der Waals surface area contributed by atoms with Crippen molar-refractivity contribution in [3.63, 3.8) is 0 Å². The molecule has 0 unspecified atom stereocenters. The summed E-state index contributed by atoms with van der Waals surface area (Å²) < 4.78 is 26.5. The first-order chi connectivity index (χ1) is 12.0. The Bertz CT molecular complexity index is 478. The molecule has 7 heteroatoms. The highest BCUT2D eigenvalue weighted by atomic mass is 28.5. The minimum atomic E-state index is -2.69. The lowest BCUT2D eigenvalue weighted by molar-refractivity contribution is -0.0337. The summed E-state index contributed by atoms with van der Waals surface area (Å²) in [5.41, 5.74) is 1.08. The molecule has 0 aromatic rings. The zero-order valence-electron chi connectivity index (χ0n) is 17.7. The molecule has 1 N–H and O–H groups in total. The Labute approximate surface area is 161 Å². The Hall–Kier alpha value is -0.0262. The molecule has 2 aliphatic heterocycles. The summed E-state index contributed by atoms with van der Waals surface area (Å²) in [6.45, 7) is 21.7. The summed E-state index contributed by atoms with van der Waals surface area (Å²) >= 11 is 0. The summed E-state index contributed by atoms with van der Waals surface area (Å²) in [5, 5.41) is 10.7. The minimum Gasteiger partial charge on any atom is -0.414 e. The maximum atomic E-state index is 10.7. The highest BCUT2D eigenvalue weighted by Gasteiger charge is 2.61. The third-order valence-electron chi connectivity index (χ3n) is 5.94. The van der Waals surface area contributed by atoms with Gasteiger partial charge in [0.2, 0.25) is 0 Å². The van der Waals surface area contributed by atoms with E-state index in [-0.39, 0.29) is 17.2 Å². The average molecular weight is 403 g/mol. The normalized spacial score (nSPS) is 34.2. The molecule has 0 amide bonds. The first-order valence-electron chi connectivity index (χ1n) is 9.99. The number of aliphatic hydroxyl groups is 1. The Balaban J connectivity index is 2.54. The summed E-state index contributed by atoms with van der Waals surface area (Å²) in [5.74, 6) is 0. The Kier molecular flexibility index (Phi) is 6.98. The van der Waals surface area contributed by atoms with Crippen LogP contribution in [-0.2, 0) is 17.7 Å². The second kappa shape index (κ2) is 8.15. The smallest absolute Gasteiger partial charge is 0.335 e. The standard InChI is InChI=1S/C19H38O5Si2/c1-10-16-18(20)19-17(22-16)11-21-25(12(2)3,13(4)5)24-26(23-19,14(6)7)15(8)9/h10,12-20H,1,11H2,2-9H3/t16-,17-,18-,19-/m1/s1. The van der Waals surface area contributed by atoms with Crippen molar-refractivity contribution < 1.29 is 22.8 Å². The van der Waals surface area contributed by atoms with Crippen LogP contribution in [0.25, 0.3) is 0 Å². The quantitative estimate of drug-likeness (QED) is 0.550. The third kappa shape index (κ3) is 3.64. The van der Waals surface area contributed by atoms with E-state index >= 15 is 0 Å². The molecule has 5 nitrogen and oxygen atoms in total. The molecule has 4 atom stereocenters. The predicted octanol–water partition coefficient (Wildman–Crippen LogP) is 4.26. The van der Waals surface area contributed by atoms with Crippen molar-refractivity contribution in [2.24, 2.45) is 0 Å². The Morgan fingerprint density at radius 2 is 1.42 bits per heavy atom. The molecule has 2 fully saturated rings. The van der Waals surface area contributed by atoms with Gasteiger partial charge in [-0.15, -0.1) is 6.58 Å². The maximum Gasteiger partial charge on any atom is 0.335 e. The van der Waals surface area contributed by atoms with Crippen LogP contribution in [-0.4, -0.2) is 53.3 Å². The topological polar surface area (TPSA) is 57.2 Å². The molecule has 2 heterocycles. The molecule has 2 rings (SSSR count). The summed E-state index contributed by atoms with van der Waals surface area (Å²) in [6.07, 6.45) is -0.219. The molecule has 0 saturated carbocycles. The van der Waals surface area contributed by atoms with Gasteiger partial charge in [-0.2, -0.15) is 0 Å². The van der Waals surface area contributed by atoms with Crippen LogP contribution in [0.5, 0.6) is 0 Å². The van der Waals surface area contributed by atoms with Gasteiger partial charge in [-0.05, 0) is 22.2 Å². The number of fused-ring (bicyclic) bond motifs is 1. The van der Waals surface area contributed by atoms with Crippen molar-refractivity contribution in [2.75, 3.05) is 6.61 Å². The third-order valence-corrected chi connectivity index (χ3v) is 16.2. The molecule has 2 saturated heterocycles. The van der Waals surface area contributed by atoms with Crippen molar-refractivity contribution in [3.8, 4) is 0 Å². The van der Waals surface area contributed by atoms with Crippen LogP contribution < -0.4 is 0 Å². The highest BCUT2D eigenvalue weighted by Crippen LogP contribution is 2.47. The largest absolute Gasteiger partial charge is 0.414 e. The molecule has 0 bridgehead atoms. The van der Waals surface area contributed by atoms with Gasteiger partial charge in [0.25, 0.3) is 0 Å². The first-order valence-corrected chi connectivity index (χ1v) is 13.9. The van der Waals surface area contributed by atoms with Gasteiger partial charge in [0.1, 0.15) is 24.4 Å². The molecular formula is C19H38O5Si2. The Morgan fingerprint density at radius 1 is 0.923 bits per heavy atom. The molecular weight excluding hydrogens is 364 g/mol. The van der Waals surface area contributed by atoms with Gasteiger partial charge in [0.05, 0.1) is 6.61 Å². The van der Waals surface area contributed by atoms with Gasteiger partial charge in [0, 0.05) is 0 Å². The van der Waals surface area contributed by atoms with Crippen LogP contribution in [0.3, 0.4) is 0 Å². The van der Waals surface area contributed by atoms with Crippen LogP contribution >= 0.6 is 0 Å². The molecule has 0 aromatic carbocycles. The van der Waals surface area contributed by atoms with Crippen molar-refractivity contribution in [3.05, 3.63) is 12.7 Å². The summed E-state index contributed by atoms with van der Waals surface area (Å²) in [4.78, 5) is 0. The highest BCUT2D eigenvalue weighted by molar-refractivity contribution is 6.83. The molecule has 26 heavy (non-hydrogen) atoms. The van der Waals surface area contributed by atoms with Gasteiger partial charge in [0.15, 0.2) is 0 Å². The zero-order valence-corrected chi connectivity index (χ0v) is 19.7. The van der Waals surface area contributed by atoms with Crippen LogP contribution in [0.4, 0.5) is 0 Å². The predicted molar refractivity (Wildman–Crippen MR) is 109 cm³/mol. The van der Waals surface area contributed by atoms with Crippen LogP contribution in [0.1, 0.15) is 55.4 Å². The number of hydrogen-bond acceptors (Lipinski definition) is 5. The van der Waals surface area contributed by atoms with E-state index in [1.54, 1.807) is 6.08 Å². The molecule has 2 aliphatic rings. The van der Waals surface area contributed by atoms with Crippen LogP contribution in [0.15, 0.2) is 12.7 Å². The van der Waals surface area contributed by atoms with Gasteiger partial charge in [-0.25, -0.2) is 0 Å². The van der Waals surface area contributed by atoms with E-state index in [1.165, 1.54) is 0 Å². The number of hydrogen-bond donors (Lipinski definition) is 1. The van der Waals surface area contributed by atoms with Crippen LogP contribution in [0, 0.1) is 0 Å². The fraction of sp³-hybridized carbons (Fsp3) is 0.895. The molecule has 0 spiro atoms.